The number of aryl methyl sites for hydroxylation is 1. The highest BCUT2D eigenvalue weighted by Crippen LogP contribution is 2.30. The third kappa shape index (κ3) is 2.46. The van der Waals surface area contributed by atoms with Crippen molar-refractivity contribution in [3.63, 3.8) is 0 Å². The molecule has 0 N–H and O–H groups in total. The van der Waals surface area contributed by atoms with Gasteiger partial charge in [0, 0.05) is 18.5 Å². The molecule has 0 aliphatic carbocycles. The van der Waals surface area contributed by atoms with E-state index >= 15 is 0 Å². The Hall–Kier alpha value is -3.37. The van der Waals surface area contributed by atoms with Crippen molar-refractivity contribution in [1.82, 2.24) is 34.1 Å². The maximum Gasteiger partial charge on any atom is 0.135 e. The lowest BCUT2D eigenvalue weighted by atomic mass is 10.2. The molecule has 4 aromatic rings. The number of rotatable bonds is 0. The minimum absolute atomic E-state index is 0.619. The first kappa shape index (κ1) is 15.9. The molecule has 5 rings (SSSR count). The molecule has 132 valence electrons. The molecule has 0 atom stereocenters. The molecule has 1 aromatic carbocycles. The molecule has 8 heteroatoms. The van der Waals surface area contributed by atoms with Crippen molar-refractivity contribution in [2.45, 2.75) is 13.3 Å². The summed E-state index contributed by atoms with van der Waals surface area (Å²) >= 11 is 6.21. The molecule has 1 aliphatic rings. The quantitative estimate of drug-likeness (QED) is 0.390. The Morgan fingerprint density at radius 3 is 2.81 bits per heavy atom. The standard InChI is InChI=1S/C19H14ClN7/c1-12-21-9-14(25(12)2)4-5-16-18-8-15-10-23-24-27(15)19-7-13(20)3-6-17(19)26(18)11-22-16/h3,6-7,9-11H,8H2,1-2H3. The van der Waals surface area contributed by atoms with Gasteiger partial charge in [0.15, 0.2) is 0 Å². The molecular weight excluding hydrogens is 362 g/mol. The number of halogens is 1. The van der Waals surface area contributed by atoms with Crippen LogP contribution < -0.4 is 0 Å². The van der Waals surface area contributed by atoms with E-state index in [4.69, 9.17) is 11.6 Å². The summed E-state index contributed by atoms with van der Waals surface area (Å²) in [5, 5.41) is 8.93. The van der Waals surface area contributed by atoms with Gasteiger partial charge in [-0.3, -0.25) is 4.57 Å². The summed E-state index contributed by atoms with van der Waals surface area (Å²) in [6.07, 6.45) is 5.94. The first-order valence-electron chi connectivity index (χ1n) is 8.38. The molecule has 0 unspecified atom stereocenters. The highest BCUT2D eigenvalue weighted by atomic mass is 35.5. The fourth-order valence-corrected chi connectivity index (χ4v) is 3.38. The predicted octanol–water partition coefficient (Wildman–Crippen LogP) is 2.45. The topological polar surface area (TPSA) is 66.3 Å². The van der Waals surface area contributed by atoms with Crippen molar-refractivity contribution in [3.05, 3.63) is 70.5 Å². The van der Waals surface area contributed by atoms with E-state index in [1.165, 1.54) is 0 Å². The van der Waals surface area contributed by atoms with Crippen LogP contribution in [0.4, 0.5) is 0 Å². The van der Waals surface area contributed by atoms with Crippen molar-refractivity contribution in [3.8, 4) is 23.2 Å². The number of aromatic nitrogens is 7. The predicted molar refractivity (Wildman–Crippen MR) is 100 cm³/mol. The van der Waals surface area contributed by atoms with Gasteiger partial charge in [-0.1, -0.05) is 16.8 Å². The van der Waals surface area contributed by atoms with Gasteiger partial charge in [-0.2, -0.15) is 0 Å². The van der Waals surface area contributed by atoms with Crippen LogP contribution >= 0.6 is 11.6 Å². The average molecular weight is 376 g/mol. The number of hydrogen-bond acceptors (Lipinski definition) is 4. The van der Waals surface area contributed by atoms with E-state index in [0.29, 0.717) is 11.4 Å². The van der Waals surface area contributed by atoms with Gasteiger partial charge < -0.3 is 4.57 Å². The molecule has 0 saturated heterocycles. The molecule has 0 radical (unpaired) electrons. The lowest BCUT2D eigenvalue weighted by molar-refractivity contribution is 0.778. The van der Waals surface area contributed by atoms with Crippen LogP contribution in [0.15, 0.2) is 36.9 Å². The maximum absolute atomic E-state index is 6.21. The largest absolute Gasteiger partial charge is 0.325 e. The Kier molecular flexibility index (Phi) is 3.42. The smallest absolute Gasteiger partial charge is 0.135 e. The number of hydrogen-bond donors (Lipinski definition) is 0. The monoisotopic (exact) mass is 375 g/mol. The zero-order valence-electron chi connectivity index (χ0n) is 14.7. The van der Waals surface area contributed by atoms with Gasteiger partial charge in [0.2, 0.25) is 0 Å². The van der Waals surface area contributed by atoms with E-state index in [1.54, 1.807) is 18.7 Å². The molecule has 7 nitrogen and oxygen atoms in total. The van der Waals surface area contributed by atoms with Crippen LogP contribution in [0.5, 0.6) is 0 Å². The van der Waals surface area contributed by atoms with Crippen molar-refractivity contribution >= 4 is 11.6 Å². The molecule has 1 aliphatic heterocycles. The zero-order valence-corrected chi connectivity index (χ0v) is 15.4. The van der Waals surface area contributed by atoms with Gasteiger partial charge in [-0.15, -0.1) is 5.10 Å². The van der Waals surface area contributed by atoms with Crippen LogP contribution in [0, 0.1) is 18.8 Å². The summed E-state index contributed by atoms with van der Waals surface area (Å²) in [6.45, 7) is 1.95. The third-order valence-corrected chi connectivity index (χ3v) is 5.02. The summed E-state index contributed by atoms with van der Waals surface area (Å²) in [5.74, 6) is 7.29. The van der Waals surface area contributed by atoms with Crippen LogP contribution in [0.3, 0.4) is 0 Å². The van der Waals surface area contributed by atoms with Gasteiger partial charge >= 0.3 is 0 Å². The molecule has 0 fully saturated rings. The van der Waals surface area contributed by atoms with Crippen molar-refractivity contribution in [2.24, 2.45) is 7.05 Å². The van der Waals surface area contributed by atoms with Crippen molar-refractivity contribution < 1.29 is 0 Å². The zero-order chi connectivity index (χ0) is 18.5. The molecule has 0 bridgehead atoms. The van der Waals surface area contributed by atoms with E-state index in [-0.39, 0.29) is 0 Å². The Morgan fingerprint density at radius 2 is 2.00 bits per heavy atom. The maximum atomic E-state index is 6.21. The second-order valence-corrected chi connectivity index (χ2v) is 6.79. The summed E-state index contributed by atoms with van der Waals surface area (Å²) in [5.41, 5.74) is 5.33. The highest BCUT2D eigenvalue weighted by molar-refractivity contribution is 6.30. The fraction of sp³-hybridized carbons (Fsp3) is 0.158. The van der Waals surface area contributed by atoms with Gasteiger partial charge in [0.05, 0.1) is 35.2 Å². The van der Waals surface area contributed by atoms with Crippen molar-refractivity contribution in [1.29, 1.82) is 0 Å². The summed E-state index contributed by atoms with van der Waals surface area (Å²) in [7, 11) is 1.95. The Morgan fingerprint density at radius 1 is 1.11 bits per heavy atom. The SMILES string of the molecule is Cc1ncc(C#Cc2ncn3c2Cc2cnnn2-c2cc(Cl)ccc2-3)n1C. The van der Waals surface area contributed by atoms with Crippen LogP contribution in [0.1, 0.15) is 28.6 Å². The normalized spacial score (nSPS) is 11.8. The first-order valence-corrected chi connectivity index (χ1v) is 8.76. The molecule has 0 spiro atoms. The minimum atomic E-state index is 0.619. The van der Waals surface area contributed by atoms with Crippen molar-refractivity contribution in [2.75, 3.05) is 0 Å². The van der Waals surface area contributed by atoms with Gasteiger partial charge in [-0.05, 0) is 37.0 Å². The minimum Gasteiger partial charge on any atom is -0.325 e. The van der Waals surface area contributed by atoms with Gasteiger partial charge in [0.25, 0.3) is 0 Å². The molecule has 27 heavy (non-hydrogen) atoms. The van der Waals surface area contributed by atoms with E-state index in [9.17, 15) is 0 Å². The second kappa shape index (κ2) is 5.83. The molecular formula is C19H14ClN7. The van der Waals surface area contributed by atoms with Gasteiger partial charge in [-0.25, -0.2) is 14.6 Å². The van der Waals surface area contributed by atoms with E-state index in [0.717, 1.165) is 40.0 Å². The van der Waals surface area contributed by atoms with Crippen LogP contribution in [0.2, 0.25) is 5.02 Å². The lowest BCUT2D eigenvalue weighted by Gasteiger charge is -2.09. The molecule has 0 amide bonds. The number of benzene rings is 1. The summed E-state index contributed by atoms with van der Waals surface area (Å²) in [4.78, 5) is 8.83. The Labute approximate surface area is 160 Å². The van der Waals surface area contributed by atoms with Gasteiger partial charge in [0.1, 0.15) is 23.5 Å². The molecule has 0 saturated carbocycles. The van der Waals surface area contributed by atoms with Crippen LogP contribution in [-0.4, -0.2) is 34.1 Å². The van der Waals surface area contributed by atoms with E-state index in [2.05, 4.69) is 32.1 Å². The third-order valence-electron chi connectivity index (χ3n) is 4.79. The Balaban J connectivity index is 1.68. The fourth-order valence-electron chi connectivity index (χ4n) is 3.22. The first-order chi connectivity index (χ1) is 13.1. The number of nitrogens with zero attached hydrogens (tertiary/aromatic N) is 7. The average Bonchev–Trinajstić information content (AvgIpc) is 3.34. The van der Waals surface area contributed by atoms with Crippen LogP contribution in [-0.2, 0) is 13.5 Å². The summed E-state index contributed by atoms with van der Waals surface area (Å²) in [6, 6.07) is 5.70. The number of imidazole rings is 2. The highest BCUT2D eigenvalue weighted by Gasteiger charge is 2.22. The number of fused-ring (bicyclic) bond motifs is 5. The van der Waals surface area contributed by atoms with Crippen LogP contribution in [0.25, 0.3) is 11.4 Å². The molecule has 4 heterocycles. The Bertz CT molecular complexity index is 1250. The molecule has 3 aromatic heterocycles. The lowest BCUT2D eigenvalue weighted by Crippen LogP contribution is -2.03. The summed E-state index contributed by atoms with van der Waals surface area (Å²) < 4.78 is 5.81. The second-order valence-electron chi connectivity index (χ2n) is 6.36. The van der Waals surface area contributed by atoms with E-state index < -0.39 is 0 Å². The van der Waals surface area contributed by atoms with E-state index in [1.807, 2.05) is 46.0 Å².